The fourth-order valence-corrected chi connectivity index (χ4v) is 84.1. The van der Waals surface area contributed by atoms with Crippen molar-refractivity contribution in [2.45, 2.75) is 253 Å². The molecule has 12 rings (SSSR count). The van der Waals surface area contributed by atoms with Gasteiger partial charge in [-0.25, -0.2) is 0 Å². The fraction of sp³-hybridized carbons (Fsp3) is 1.00. The molecule has 12 atom stereocenters. The highest BCUT2D eigenvalue weighted by atomic mass is 28.7. The highest BCUT2D eigenvalue weighted by Gasteiger charge is 2.88. The van der Waals surface area contributed by atoms with E-state index >= 15 is 0 Å². The second-order valence-electron chi connectivity index (χ2n) is 37.1. The Balaban J connectivity index is 1.06. The van der Waals surface area contributed by atoms with E-state index in [9.17, 15) is 0 Å². The summed E-state index contributed by atoms with van der Waals surface area (Å²) in [4.78, 5) is 0. The van der Waals surface area contributed by atoms with Crippen molar-refractivity contribution < 1.29 is 158 Å². The van der Waals surface area contributed by atoms with Gasteiger partial charge in [-0.2, -0.15) is 0 Å². The Bertz CT molecular complexity index is 2900. The smallest absolute Gasteiger partial charge is 0.441 e. The number of ether oxygens (including phenoxy) is 16. The van der Waals surface area contributed by atoms with Crippen molar-refractivity contribution in [3.63, 3.8) is 0 Å². The van der Waals surface area contributed by atoms with Crippen LogP contribution in [0.2, 0.25) is 153 Å². The molecular weight excluding hydrogens is 1820 g/mol. The van der Waals surface area contributed by atoms with Gasteiger partial charge in [-0.3, -0.25) is 0 Å². The van der Waals surface area contributed by atoms with Crippen molar-refractivity contribution in [1.82, 2.24) is 0 Å². The van der Waals surface area contributed by atoms with Crippen LogP contribution in [0.4, 0.5) is 0 Å². The van der Waals surface area contributed by atoms with Crippen LogP contribution in [0.15, 0.2) is 0 Å². The highest BCUT2D eigenvalue weighted by Crippen LogP contribution is 2.51. The first-order valence-corrected chi connectivity index (χ1v) is 81.3. The predicted molar refractivity (Wildman–Crippen MR) is 459 cm³/mol. The van der Waals surface area contributed by atoms with Gasteiger partial charge in [0, 0.05) is 52.9 Å². The highest BCUT2D eigenvalue weighted by molar-refractivity contribution is 7.01. The molecule has 0 radical (unpaired) electrons. The lowest BCUT2D eigenvalue weighted by molar-refractivity contribution is -0.0963. The van der Waals surface area contributed by atoms with Crippen molar-refractivity contribution in [3.05, 3.63) is 0 Å². The van der Waals surface area contributed by atoms with Gasteiger partial charge in [-0.05, 0) is 204 Å². The molecule has 0 aromatic rings. The van der Waals surface area contributed by atoms with Gasteiger partial charge in [-0.1, -0.05) is 0 Å². The quantitative estimate of drug-likeness (QED) is 0.0356. The maximum Gasteiger partial charge on any atom is 0.651 e. The molecule has 6 bridgehead atoms. The summed E-state index contributed by atoms with van der Waals surface area (Å²) >= 11 is 0. The zero-order valence-electron chi connectivity index (χ0n) is 72.5. The summed E-state index contributed by atoms with van der Waals surface area (Å²) in [7, 11) is -69.7. The van der Waals surface area contributed by atoms with Crippen LogP contribution in [0.25, 0.3) is 0 Å². The van der Waals surface area contributed by atoms with Crippen LogP contribution in [0.3, 0.4) is 0 Å². The van der Waals surface area contributed by atoms with Crippen LogP contribution in [-0.4, -0.2) is 357 Å². The molecule has 53 heteroatoms. The number of fused-ring (bicyclic) bond motifs is 4. The molecule has 117 heavy (non-hydrogen) atoms. The van der Waals surface area contributed by atoms with Gasteiger partial charge in [0.1, 0.15) is 48.8 Å². The summed E-state index contributed by atoms with van der Waals surface area (Å²) in [6, 6.07) is 4.18. The Morgan fingerprint density at radius 1 is 0.248 bits per heavy atom. The van der Waals surface area contributed by atoms with Gasteiger partial charge in [0.25, 0.3) is 20.0 Å². The molecule has 0 aromatic heterocycles. The molecule has 12 unspecified atom stereocenters. The molecule has 12 heterocycles. The standard InChI is InChI=1S/C64H140O36Si17/c1-103(2,33-17-25-65-41-57-49-73-57)81-101-82-111(85-104(3,4)34-18-26-66-42-58-50-74-58)92-114(88-107(9,10)37-21-29-69-45-61-53-77-61)94-112(86-105(5,6)35-19-27-67-43-59-51-75-59)83-102-84-113(87-106(7,8)36-20-28-68-44-60-52-76-60)95-115(93-111,89-108(11,12)38-22-30-70-46-62-54-78-62)99-117(98-114,91-110(15,16)40-24-32-72-48-64-56-80-64)100-116(96-112,97-113)90-109(13,14)39-23-31-71-47-63-55-79-63/h57-64H,17-56,101-102H2,1-16H3. The average molecular weight is 1960 g/mol. The first-order chi connectivity index (χ1) is 55.4. The number of rotatable bonds is 66. The zero-order valence-corrected chi connectivity index (χ0v) is 90.3. The summed E-state index contributed by atoms with van der Waals surface area (Å²) in [6.07, 6.45) is 5.28. The minimum Gasteiger partial charge on any atom is -0.441 e. The molecule has 0 aromatic carbocycles. The average Bonchev–Trinajstić information content (AvgIpc) is 1.69. The van der Waals surface area contributed by atoms with Crippen molar-refractivity contribution in [2.75, 3.05) is 159 Å². The molecule has 12 aliphatic heterocycles. The molecule has 12 aliphatic rings. The first-order valence-electron chi connectivity index (χ1n) is 42.7. The third-order valence-electron chi connectivity index (χ3n) is 20.4. The minimum absolute atomic E-state index is 0.0516. The fourth-order valence-electron chi connectivity index (χ4n) is 13.4. The van der Waals surface area contributed by atoms with E-state index in [0.29, 0.717) is 246 Å². The van der Waals surface area contributed by atoms with E-state index in [-0.39, 0.29) is 48.8 Å². The second kappa shape index (κ2) is 43.1. The second-order valence-corrected chi connectivity index (χ2v) is 94.4. The third kappa shape index (κ3) is 36.1. The molecule has 0 saturated carbocycles. The Labute approximate surface area is 715 Å². The third-order valence-corrected chi connectivity index (χ3v) is 82.6. The summed E-state index contributed by atoms with van der Waals surface area (Å²) < 4.78 is 255. The van der Waals surface area contributed by atoms with E-state index in [1.807, 2.05) is 0 Å². The number of hydrogen-bond acceptors (Lipinski definition) is 36. The lowest BCUT2D eigenvalue weighted by atomic mass is 10.5. The van der Waals surface area contributed by atoms with E-state index in [1.54, 1.807) is 0 Å². The van der Waals surface area contributed by atoms with Crippen LogP contribution in [0.5, 0.6) is 0 Å². The lowest BCUT2D eigenvalue weighted by Gasteiger charge is -2.58. The van der Waals surface area contributed by atoms with Gasteiger partial charge in [0.15, 0.2) is 66.5 Å². The van der Waals surface area contributed by atoms with Crippen molar-refractivity contribution in [2.24, 2.45) is 0 Å². The van der Waals surface area contributed by atoms with Gasteiger partial charge < -0.3 is 158 Å². The van der Waals surface area contributed by atoms with E-state index in [1.165, 1.54) is 0 Å². The molecule has 36 nitrogen and oxygen atoms in total. The molecule has 0 N–H and O–H groups in total. The lowest BCUT2D eigenvalue weighted by Crippen LogP contribution is -2.88. The van der Waals surface area contributed by atoms with Gasteiger partial charge in [-0.15, -0.1) is 0 Å². The summed E-state index contributed by atoms with van der Waals surface area (Å²) in [5.74, 6) is 0. The van der Waals surface area contributed by atoms with Crippen molar-refractivity contribution >= 4 is 150 Å². The van der Waals surface area contributed by atoms with E-state index < -0.39 is 150 Å². The largest absolute Gasteiger partial charge is 0.651 e. The molecule has 680 valence electrons. The molecule has 0 aliphatic carbocycles. The summed E-state index contributed by atoms with van der Waals surface area (Å²) in [5, 5.41) is 0. The van der Waals surface area contributed by atoms with E-state index in [2.05, 4.69) is 105 Å². The molecule has 12 fully saturated rings. The van der Waals surface area contributed by atoms with Gasteiger partial charge in [0.2, 0.25) is 0 Å². The van der Waals surface area contributed by atoms with Gasteiger partial charge >= 0.3 is 63.3 Å². The topological polar surface area (TPSA) is 359 Å². The normalized spacial score (nSPS) is 33.7. The maximum absolute atomic E-state index is 8.36. The van der Waals surface area contributed by atoms with Crippen LogP contribution in [0, 0.1) is 0 Å². The summed E-state index contributed by atoms with van der Waals surface area (Å²) in [5.41, 5.74) is 0. The van der Waals surface area contributed by atoms with Crippen LogP contribution in [-0.2, 0) is 158 Å². The Kier molecular flexibility index (Phi) is 36.2. The molecule has 12 saturated heterocycles. The maximum atomic E-state index is 8.36. The van der Waals surface area contributed by atoms with E-state index in [0.717, 1.165) is 12.5 Å². The van der Waals surface area contributed by atoms with Crippen LogP contribution >= 0.6 is 0 Å². The SMILES string of the molecule is C[Si](C)(CCCOCC1CO1)O[SiH2]O[Si]1(O[Si](C)(C)CCCOCC2CO2)O[Si]2(O[Si](C)(C)CCCOCC3CO3)O[Si]3(O[Si](C)(C)CCCOCC4CO4)O[SiH2]O[Si]4(O[Si](C)(C)CCCOCC5CO5)O[Si](O[Si](C)(C)CCCOCC5CO5)(O1)O[Si](O[Si](C)(C)CCCOCC1CO1)(O2)O[Si](O[Si](C)(C)CCCOCC1CO1)(O3)O4. The first kappa shape index (κ1) is 98.3. The van der Waals surface area contributed by atoms with Crippen LogP contribution < -0.4 is 0 Å². The number of hydrogen-bond donors (Lipinski definition) is 0. The van der Waals surface area contributed by atoms with Crippen LogP contribution in [0.1, 0.15) is 51.4 Å². The minimum atomic E-state index is -5.64. The summed E-state index contributed by atoms with van der Waals surface area (Å²) in [6.45, 7) is 45.9. The molecular formula is C64H140O36Si17. The zero-order chi connectivity index (χ0) is 83.3. The number of epoxide rings is 8. The van der Waals surface area contributed by atoms with Gasteiger partial charge in [0.05, 0.1) is 106 Å². The van der Waals surface area contributed by atoms with E-state index in [4.69, 9.17) is 158 Å². The van der Waals surface area contributed by atoms with Crippen molar-refractivity contribution in [1.29, 1.82) is 0 Å². The molecule has 0 amide bonds. The van der Waals surface area contributed by atoms with Crippen molar-refractivity contribution in [3.8, 4) is 0 Å². The predicted octanol–water partition coefficient (Wildman–Crippen LogP) is 6.50. The Morgan fingerprint density at radius 2 is 0.427 bits per heavy atom. The monoisotopic (exact) mass is 1960 g/mol. The molecule has 0 spiro atoms. The Morgan fingerprint density at radius 3 is 0.641 bits per heavy atom. The Hall–Kier alpha value is 2.25.